The van der Waals surface area contributed by atoms with E-state index in [9.17, 15) is 9.59 Å². The van der Waals surface area contributed by atoms with Crippen molar-refractivity contribution in [1.29, 1.82) is 0 Å². The van der Waals surface area contributed by atoms with Crippen LogP contribution in [0, 0.1) is 5.92 Å². The molecule has 2 aliphatic heterocycles. The number of ether oxygens (including phenoxy) is 3. The van der Waals surface area contributed by atoms with E-state index in [1.807, 2.05) is 122 Å². The Bertz CT molecular complexity index is 1750. The Kier molecular flexibility index (Phi) is 10.6. The van der Waals surface area contributed by atoms with Crippen molar-refractivity contribution in [2.75, 3.05) is 26.2 Å². The van der Waals surface area contributed by atoms with Gasteiger partial charge in [-0.05, 0) is 68.9 Å². The zero-order valence-corrected chi connectivity index (χ0v) is 28.5. The number of urea groups is 1. The van der Waals surface area contributed by atoms with E-state index in [-0.39, 0.29) is 17.9 Å². The normalized spacial score (nSPS) is 15.4. The lowest BCUT2D eigenvalue weighted by Gasteiger charge is -2.36. The van der Waals surface area contributed by atoms with Crippen LogP contribution in [0.3, 0.4) is 0 Å². The van der Waals surface area contributed by atoms with Crippen LogP contribution in [0.15, 0.2) is 97.2 Å². The van der Waals surface area contributed by atoms with Gasteiger partial charge in [-0.15, -0.1) is 0 Å². The fourth-order valence-electron chi connectivity index (χ4n) is 6.00. The summed E-state index contributed by atoms with van der Waals surface area (Å²) in [6, 6.07) is 27.9. The number of aromatic nitrogens is 2. The Morgan fingerprint density at radius 2 is 1.47 bits per heavy atom. The summed E-state index contributed by atoms with van der Waals surface area (Å²) in [5, 5.41) is 0. The predicted octanol–water partition coefficient (Wildman–Crippen LogP) is 7.56. The highest BCUT2D eigenvalue weighted by Gasteiger charge is 2.32. The molecule has 4 heterocycles. The number of pyridine rings is 2. The summed E-state index contributed by atoms with van der Waals surface area (Å²) in [7, 11) is 0. The van der Waals surface area contributed by atoms with E-state index >= 15 is 0 Å². The van der Waals surface area contributed by atoms with Gasteiger partial charge in [0.2, 0.25) is 11.8 Å². The van der Waals surface area contributed by atoms with Crippen LogP contribution < -0.4 is 9.47 Å². The van der Waals surface area contributed by atoms with Gasteiger partial charge in [-0.3, -0.25) is 9.78 Å². The number of amides is 2. The number of carbonyl (C=O) groups is 2. The first-order chi connectivity index (χ1) is 23.7. The molecule has 49 heavy (non-hydrogen) atoms. The minimum atomic E-state index is -0.502. The maximum Gasteiger partial charge on any atom is 0.320 e. The van der Waals surface area contributed by atoms with Gasteiger partial charge in [-0.1, -0.05) is 72.8 Å². The molecule has 2 aromatic carbocycles. The Morgan fingerprint density at radius 1 is 0.796 bits per heavy atom. The van der Waals surface area contributed by atoms with E-state index in [0.717, 1.165) is 33.5 Å². The van der Waals surface area contributed by atoms with Crippen molar-refractivity contribution in [3.8, 4) is 22.9 Å². The van der Waals surface area contributed by atoms with E-state index in [1.54, 1.807) is 0 Å². The molecule has 0 radical (unpaired) electrons. The Morgan fingerprint density at radius 3 is 2.06 bits per heavy atom. The van der Waals surface area contributed by atoms with Crippen LogP contribution in [0.25, 0.3) is 16.7 Å². The lowest BCUT2D eigenvalue weighted by Crippen LogP contribution is -2.49. The average molecular weight is 661 g/mol. The van der Waals surface area contributed by atoms with Gasteiger partial charge < -0.3 is 24.0 Å². The first-order valence-corrected chi connectivity index (χ1v) is 17.0. The molecule has 2 amide bonds. The molecule has 2 aromatic heterocycles. The van der Waals surface area contributed by atoms with Gasteiger partial charge in [0.05, 0.1) is 11.6 Å². The number of piperidine rings is 1. The van der Waals surface area contributed by atoms with E-state index < -0.39 is 5.60 Å². The number of nitrogens with zero attached hydrogens (tertiary/aromatic N) is 4. The number of esters is 1. The van der Waals surface area contributed by atoms with Gasteiger partial charge in [-0.25, -0.2) is 4.79 Å². The number of benzene rings is 2. The van der Waals surface area contributed by atoms with Gasteiger partial charge in [-0.2, -0.15) is 4.98 Å². The van der Waals surface area contributed by atoms with Gasteiger partial charge >= 0.3 is 12.0 Å². The van der Waals surface area contributed by atoms with Crippen LogP contribution in [0.4, 0.5) is 4.79 Å². The Labute approximate surface area is 288 Å². The molecule has 0 spiro atoms. The first kappa shape index (κ1) is 33.7. The second kappa shape index (κ2) is 15.4. The second-order valence-corrected chi connectivity index (χ2v) is 13.5. The quantitative estimate of drug-likeness (QED) is 0.171. The lowest BCUT2D eigenvalue weighted by molar-refractivity contribution is -0.161. The number of hydrogen-bond acceptors (Lipinski definition) is 7. The van der Waals surface area contributed by atoms with Crippen LogP contribution in [-0.4, -0.2) is 63.5 Å². The second-order valence-electron chi connectivity index (χ2n) is 13.5. The van der Waals surface area contributed by atoms with Crippen molar-refractivity contribution >= 4 is 17.6 Å². The van der Waals surface area contributed by atoms with Gasteiger partial charge in [0.15, 0.2) is 0 Å². The summed E-state index contributed by atoms with van der Waals surface area (Å²) < 4.78 is 17.8. The van der Waals surface area contributed by atoms with Crippen LogP contribution in [0.2, 0.25) is 0 Å². The predicted molar refractivity (Wildman–Crippen MR) is 189 cm³/mol. The van der Waals surface area contributed by atoms with Crippen molar-refractivity contribution in [3.63, 3.8) is 0 Å². The molecule has 0 bridgehead atoms. The molecular weight excluding hydrogens is 616 g/mol. The molecule has 0 N–H and O–H groups in total. The number of carbonyl (C=O) groups excluding carboxylic acids is 2. The zero-order valence-electron chi connectivity index (χ0n) is 28.5. The fourth-order valence-corrected chi connectivity index (χ4v) is 6.00. The third kappa shape index (κ3) is 9.04. The molecule has 0 aliphatic carbocycles. The zero-order chi connectivity index (χ0) is 34.2. The molecule has 0 saturated carbocycles. The van der Waals surface area contributed by atoms with Crippen molar-refractivity contribution < 1.29 is 23.8 Å². The third-order valence-electron chi connectivity index (χ3n) is 8.67. The monoisotopic (exact) mass is 660 g/mol. The van der Waals surface area contributed by atoms with Crippen LogP contribution in [0.5, 0.6) is 11.8 Å². The van der Waals surface area contributed by atoms with Crippen molar-refractivity contribution in [2.24, 2.45) is 5.92 Å². The van der Waals surface area contributed by atoms with Crippen LogP contribution in [0.1, 0.15) is 56.9 Å². The highest BCUT2D eigenvalue weighted by atomic mass is 16.6. The molecule has 9 nitrogen and oxygen atoms in total. The van der Waals surface area contributed by atoms with E-state index in [0.29, 0.717) is 70.4 Å². The maximum absolute atomic E-state index is 13.3. The Balaban J connectivity index is 1.09. The fraction of sp³-hybridized carbons (Fsp3) is 0.350. The first-order valence-electron chi connectivity index (χ1n) is 17.0. The molecule has 0 atom stereocenters. The Hall–Kier alpha value is -5.18. The summed E-state index contributed by atoms with van der Waals surface area (Å²) in [6.07, 6.45) is 5.91. The minimum absolute atomic E-state index is 0.0213. The highest BCUT2D eigenvalue weighted by Crippen LogP contribution is 2.32. The largest absolute Gasteiger partial charge is 0.473 e. The highest BCUT2D eigenvalue weighted by molar-refractivity contribution is 5.78. The average Bonchev–Trinajstić information content (AvgIpc) is 3.13. The minimum Gasteiger partial charge on any atom is -0.473 e. The molecule has 2 aliphatic rings. The standard InChI is InChI=1S/C40H44N4O5/c1-40(2,3)49-38(45)32-20-24-44(25-21-32)39(46)43-22-18-31(19-23-43)35-16-14-33(26-41-35)34-15-17-36(47-27-29-10-6-4-7-11-29)42-37(34)48-28-30-12-8-5-9-13-30/h4-18,26,32H,19-25,27-28H2,1-3H3. The number of rotatable bonds is 9. The van der Waals surface area contributed by atoms with Gasteiger partial charge in [0, 0.05) is 49.6 Å². The van der Waals surface area contributed by atoms with Crippen molar-refractivity contribution in [3.05, 3.63) is 114 Å². The molecule has 0 unspecified atom stereocenters. The van der Waals surface area contributed by atoms with Gasteiger partial charge in [0.1, 0.15) is 18.8 Å². The van der Waals surface area contributed by atoms with Crippen molar-refractivity contribution in [1.82, 2.24) is 19.8 Å². The SMILES string of the molecule is CC(C)(C)OC(=O)C1CCN(C(=O)N2CC=C(c3ccc(-c4ccc(OCc5ccccc5)nc4OCc4ccccc4)cn3)CC2)CC1. The smallest absolute Gasteiger partial charge is 0.320 e. The molecular formula is C40H44N4O5. The molecule has 1 fully saturated rings. The molecule has 1 saturated heterocycles. The van der Waals surface area contributed by atoms with E-state index in [2.05, 4.69) is 6.08 Å². The summed E-state index contributed by atoms with van der Waals surface area (Å²) in [5.74, 6) is 0.642. The maximum atomic E-state index is 13.3. The van der Waals surface area contributed by atoms with Crippen molar-refractivity contribution in [2.45, 2.75) is 58.8 Å². The topological polar surface area (TPSA) is 94.1 Å². The molecule has 9 heteroatoms. The van der Waals surface area contributed by atoms with Crippen LogP contribution in [-0.2, 0) is 22.7 Å². The van der Waals surface area contributed by atoms with Crippen LogP contribution >= 0.6 is 0 Å². The molecule has 4 aromatic rings. The lowest BCUT2D eigenvalue weighted by atomic mass is 9.96. The molecule has 6 rings (SSSR count). The number of hydrogen-bond donors (Lipinski definition) is 0. The number of likely N-dealkylation sites (tertiary alicyclic amines) is 1. The summed E-state index contributed by atoms with van der Waals surface area (Å²) in [4.78, 5) is 39.0. The molecule has 254 valence electrons. The summed E-state index contributed by atoms with van der Waals surface area (Å²) >= 11 is 0. The van der Waals surface area contributed by atoms with E-state index in [1.165, 1.54) is 0 Å². The summed E-state index contributed by atoms with van der Waals surface area (Å²) in [6.45, 7) is 8.68. The summed E-state index contributed by atoms with van der Waals surface area (Å²) in [5.41, 5.74) is 5.31. The van der Waals surface area contributed by atoms with Gasteiger partial charge in [0.25, 0.3) is 0 Å². The van der Waals surface area contributed by atoms with E-state index in [4.69, 9.17) is 24.2 Å². The third-order valence-corrected chi connectivity index (χ3v) is 8.67.